The number of unbranched alkanes of at least 4 members (excludes halogenated alkanes) is 28. The molecular formula is C69H121NO13. The topological polar surface area (TPSA) is 228 Å². The molecule has 12 atom stereocenters. The van der Waals surface area contributed by atoms with E-state index in [2.05, 4.69) is 92.1 Å². The molecule has 0 aromatic carbocycles. The van der Waals surface area contributed by atoms with Crippen molar-refractivity contribution in [1.82, 2.24) is 5.32 Å². The number of hydrogen-bond donors (Lipinski definition) is 9. The van der Waals surface area contributed by atoms with Gasteiger partial charge >= 0.3 is 0 Å². The Labute approximate surface area is 503 Å². The second-order valence-corrected chi connectivity index (χ2v) is 23.2. The molecule has 0 saturated carbocycles. The number of ether oxygens (including phenoxy) is 4. The number of aliphatic hydroxyl groups excluding tert-OH is 8. The molecule has 0 aromatic heterocycles. The van der Waals surface area contributed by atoms with Crippen molar-refractivity contribution in [2.75, 3.05) is 19.8 Å². The Morgan fingerprint density at radius 2 is 0.843 bits per heavy atom. The second-order valence-electron chi connectivity index (χ2n) is 23.2. The van der Waals surface area contributed by atoms with E-state index in [0.717, 1.165) is 83.5 Å². The number of allylic oxidation sites excluding steroid dienone is 13. The molecule has 14 nitrogen and oxygen atoms in total. The maximum atomic E-state index is 13.3. The van der Waals surface area contributed by atoms with Gasteiger partial charge in [-0.05, 0) is 77.0 Å². The molecule has 0 radical (unpaired) electrons. The molecule has 12 unspecified atom stereocenters. The first kappa shape index (κ1) is 76.3. The normalized spacial score (nSPS) is 24.4. The fourth-order valence-corrected chi connectivity index (χ4v) is 10.5. The first-order chi connectivity index (χ1) is 40.6. The van der Waals surface area contributed by atoms with Gasteiger partial charge in [0.15, 0.2) is 12.6 Å². The number of carbonyl (C=O) groups is 1. The van der Waals surface area contributed by atoms with Crippen LogP contribution in [0.25, 0.3) is 0 Å². The van der Waals surface area contributed by atoms with Crippen LogP contribution in [0.3, 0.4) is 0 Å². The zero-order chi connectivity index (χ0) is 60.2. The molecule has 1 amide bonds. The zero-order valence-electron chi connectivity index (χ0n) is 51.9. The highest BCUT2D eigenvalue weighted by Crippen LogP contribution is 2.30. The highest BCUT2D eigenvalue weighted by atomic mass is 16.7. The van der Waals surface area contributed by atoms with E-state index in [1.807, 2.05) is 6.08 Å². The smallest absolute Gasteiger partial charge is 0.220 e. The molecule has 2 fully saturated rings. The van der Waals surface area contributed by atoms with Gasteiger partial charge in [0, 0.05) is 6.42 Å². The Hall–Kier alpha value is -2.83. The lowest BCUT2D eigenvalue weighted by atomic mass is 9.97. The largest absolute Gasteiger partial charge is 0.394 e. The molecule has 2 aliphatic rings. The van der Waals surface area contributed by atoms with Gasteiger partial charge < -0.3 is 65.1 Å². The number of carbonyl (C=O) groups excluding carboxylic acids is 1. The first-order valence-corrected chi connectivity index (χ1v) is 33.3. The minimum Gasteiger partial charge on any atom is -0.394 e. The summed E-state index contributed by atoms with van der Waals surface area (Å²) in [6.07, 6.45) is 56.3. The molecule has 480 valence electrons. The molecule has 0 spiro atoms. The molecular weight excluding hydrogens is 1050 g/mol. The van der Waals surface area contributed by atoms with Gasteiger partial charge in [0.05, 0.1) is 32.0 Å². The van der Waals surface area contributed by atoms with E-state index in [-0.39, 0.29) is 18.9 Å². The van der Waals surface area contributed by atoms with E-state index in [0.29, 0.717) is 12.8 Å². The minimum atomic E-state index is -1.80. The molecule has 0 aromatic rings. The molecule has 83 heavy (non-hydrogen) atoms. The average Bonchev–Trinajstić information content (AvgIpc) is 3.64. The van der Waals surface area contributed by atoms with Crippen LogP contribution in [0.15, 0.2) is 85.1 Å². The van der Waals surface area contributed by atoms with Crippen LogP contribution in [0.5, 0.6) is 0 Å². The van der Waals surface area contributed by atoms with Crippen molar-refractivity contribution in [2.24, 2.45) is 0 Å². The van der Waals surface area contributed by atoms with Crippen LogP contribution in [0.4, 0.5) is 0 Å². The summed E-state index contributed by atoms with van der Waals surface area (Å²) in [7, 11) is 0. The maximum absolute atomic E-state index is 13.3. The third kappa shape index (κ3) is 38.1. The summed E-state index contributed by atoms with van der Waals surface area (Å²) in [5, 5.41) is 87.3. The van der Waals surface area contributed by atoms with Gasteiger partial charge in [-0.1, -0.05) is 253 Å². The van der Waals surface area contributed by atoms with Crippen LogP contribution in [0.2, 0.25) is 0 Å². The molecule has 0 aliphatic carbocycles. The number of rotatable bonds is 53. The van der Waals surface area contributed by atoms with Crippen LogP contribution in [0, 0.1) is 0 Å². The van der Waals surface area contributed by atoms with Crippen LogP contribution in [0.1, 0.15) is 251 Å². The van der Waals surface area contributed by atoms with Crippen molar-refractivity contribution in [1.29, 1.82) is 0 Å². The predicted molar refractivity (Wildman–Crippen MR) is 336 cm³/mol. The standard InChI is InChI=1S/C69H121NO13/c1-3-5-7-9-11-13-15-17-19-21-23-25-27-28-29-31-32-34-36-38-40-42-44-46-48-50-52-58(73)57(56-80-68-66(79)64(77)67(60(55-72)82-68)83-69-65(78)63(76)62(75)59(54-71)81-69)70-61(74)53-51-49-47-45-43-41-39-37-35-33-30-26-24-22-20-18-16-14-12-10-8-6-4-2/h6,8,12,14,18,20,24,26,33,35,42,44,50,52,57-60,62-69,71-73,75-79H,3-5,7,9-11,13,15-17,19,21-23,25,27-32,34,36-41,43,45-49,51,53-56H2,1-2H3,(H,70,74)/b8-6-,14-12-,20-18-,26-24-,35-33-,44-42+,52-50+. The fourth-order valence-electron chi connectivity index (χ4n) is 10.5. The van der Waals surface area contributed by atoms with Crippen molar-refractivity contribution in [3.05, 3.63) is 85.1 Å². The number of aliphatic hydroxyl groups is 8. The number of hydrogen-bond acceptors (Lipinski definition) is 13. The predicted octanol–water partition coefficient (Wildman–Crippen LogP) is 12.8. The van der Waals surface area contributed by atoms with Crippen molar-refractivity contribution in [3.63, 3.8) is 0 Å². The van der Waals surface area contributed by atoms with Crippen LogP contribution >= 0.6 is 0 Å². The summed E-state index contributed by atoms with van der Waals surface area (Å²) in [6, 6.07) is -0.944. The van der Waals surface area contributed by atoms with Crippen molar-refractivity contribution in [3.8, 4) is 0 Å². The van der Waals surface area contributed by atoms with Crippen LogP contribution in [-0.4, -0.2) is 140 Å². The maximum Gasteiger partial charge on any atom is 0.220 e. The Morgan fingerprint density at radius 1 is 0.446 bits per heavy atom. The summed E-state index contributed by atoms with van der Waals surface area (Å²) in [5.41, 5.74) is 0. The molecule has 2 rings (SSSR count). The highest BCUT2D eigenvalue weighted by molar-refractivity contribution is 5.76. The van der Waals surface area contributed by atoms with Crippen molar-refractivity contribution < 1.29 is 64.6 Å². The summed E-state index contributed by atoms with van der Waals surface area (Å²) < 4.78 is 22.8. The zero-order valence-corrected chi connectivity index (χ0v) is 51.9. The molecule has 14 heteroatoms. The lowest BCUT2D eigenvalue weighted by Gasteiger charge is -2.46. The van der Waals surface area contributed by atoms with Gasteiger partial charge in [0.1, 0.15) is 48.8 Å². The van der Waals surface area contributed by atoms with E-state index in [1.165, 1.54) is 135 Å². The highest BCUT2D eigenvalue weighted by Gasteiger charge is 2.51. The Balaban J connectivity index is 1.74. The van der Waals surface area contributed by atoms with Crippen molar-refractivity contribution >= 4 is 5.91 Å². The summed E-state index contributed by atoms with van der Waals surface area (Å²) in [4.78, 5) is 13.3. The van der Waals surface area contributed by atoms with E-state index in [9.17, 15) is 45.6 Å². The van der Waals surface area contributed by atoms with Gasteiger partial charge in [0.2, 0.25) is 5.91 Å². The molecule has 9 N–H and O–H groups in total. The number of nitrogens with one attached hydrogen (secondary N) is 1. The molecule has 2 saturated heterocycles. The van der Waals surface area contributed by atoms with Gasteiger partial charge in [-0.3, -0.25) is 4.79 Å². The monoisotopic (exact) mass is 1170 g/mol. The first-order valence-electron chi connectivity index (χ1n) is 33.3. The lowest BCUT2D eigenvalue weighted by molar-refractivity contribution is -0.359. The molecule has 2 heterocycles. The van der Waals surface area contributed by atoms with E-state index in [1.54, 1.807) is 6.08 Å². The van der Waals surface area contributed by atoms with E-state index < -0.39 is 86.8 Å². The third-order valence-corrected chi connectivity index (χ3v) is 15.8. The van der Waals surface area contributed by atoms with Gasteiger partial charge in [-0.25, -0.2) is 0 Å². The average molecular weight is 1170 g/mol. The van der Waals surface area contributed by atoms with Crippen LogP contribution in [-0.2, 0) is 23.7 Å². The SMILES string of the molecule is CC/C=C\C/C=C\C/C=C\C/C=C\C/C=C\CCCCCCCCCC(=O)NC(COC1OC(CO)C(OC2OC(CO)C(O)C(O)C2O)C(O)C1O)C(O)/C=C/CC/C=C/CCCCCCCCCCCCCCCCCCCCCC. The van der Waals surface area contributed by atoms with E-state index >= 15 is 0 Å². The van der Waals surface area contributed by atoms with Gasteiger partial charge in [-0.2, -0.15) is 0 Å². The minimum absolute atomic E-state index is 0.256. The van der Waals surface area contributed by atoms with Gasteiger partial charge in [0.25, 0.3) is 0 Å². The third-order valence-electron chi connectivity index (χ3n) is 15.8. The molecule has 0 bridgehead atoms. The Bertz CT molecular complexity index is 1710. The summed E-state index contributed by atoms with van der Waals surface area (Å²) in [6.45, 7) is 2.68. The second kappa shape index (κ2) is 53.4. The summed E-state index contributed by atoms with van der Waals surface area (Å²) >= 11 is 0. The quantitative estimate of drug-likeness (QED) is 0.0204. The van der Waals surface area contributed by atoms with E-state index in [4.69, 9.17) is 18.9 Å². The van der Waals surface area contributed by atoms with Crippen LogP contribution < -0.4 is 5.32 Å². The molecule has 2 aliphatic heterocycles. The summed E-state index contributed by atoms with van der Waals surface area (Å²) in [5.74, 6) is -0.262. The Kier molecular flexibility index (Phi) is 49.1. The van der Waals surface area contributed by atoms with Gasteiger partial charge in [-0.15, -0.1) is 0 Å². The fraction of sp³-hybridized carbons (Fsp3) is 0.783. The number of amides is 1. The van der Waals surface area contributed by atoms with Crippen molar-refractivity contribution in [2.45, 2.75) is 325 Å². The Morgan fingerprint density at radius 3 is 1.33 bits per heavy atom. The lowest BCUT2D eigenvalue weighted by Crippen LogP contribution is -2.65.